The van der Waals surface area contributed by atoms with Crippen molar-refractivity contribution in [3.8, 4) is 0 Å². The molecule has 3 nitrogen and oxygen atoms in total. The standard InChI is InChI=1S/C13H15BrFNO2/c1-8-4-5-16(12(8)13(17)18)7-9-6-10(15)2-3-11(9)14/h2-3,6,8,12H,4-5,7H2,1H3,(H,17,18). The molecule has 0 aromatic heterocycles. The molecule has 1 saturated heterocycles. The van der Waals surface area contributed by atoms with Crippen LogP contribution in [0.3, 0.4) is 0 Å². The van der Waals surface area contributed by atoms with E-state index in [9.17, 15) is 14.3 Å². The van der Waals surface area contributed by atoms with Crippen molar-refractivity contribution in [3.63, 3.8) is 0 Å². The number of hydrogen-bond acceptors (Lipinski definition) is 2. The van der Waals surface area contributed by atoms with Crippen LogP contribution in [0.2, 0.25) is 0 Å². The van der Waals surface area contributed by atoms with E-state index in [0.29, 0.717) is 6.54 Å². The number of carboxylic acids is 1. The molecule has 0 spiro atoms. The van der Waals surface area contributed by atoms with Crippen molar-refractivity contribution in [2.75, 3.05) is 6.54 Å². The van der Waals surface area contributed by atoms with Gasteiger partial charge in [-0.3, -0.25) is 9.69 Å². The molecule has 0 radical (unpaired) electrons. The van der Waals surface area contributed by atoms with Crippen molar-refractivity contribution >= 4 is 21.9 Å². The Hall–Kier alpha value is -0.940. The Morgan fingerprint density at radius 1 is 1.61 bits per heavy atom. The Morgan fingerprint density at radius 2 is 2.33 bits per heavy atom. The minimum absolute atomic E-state index is 0.134. The second kappa shape index (κ2) is 5.36. The number of benzene rings is 1. The zero-order chi connectivity index (χ0) is 13.3. The molecule has 1 aliphatic rings. The summed E-state index contributed by atoms with van der Waals surface area (Å²) in [5.41, 5.74) is 0.787. The molecule has 1 fully saturated rings. The van der Waals surface area contributed by atoms with Gasteiger partial charge in [0.1, 0.15) is 11.9 Å². The number of hydrogen-bond donors (Lipinski definition) is 1. The normalized spacial score (nSPS) is 24.4. The van der Waals surface area contributed by atoms with E-state index >= 15 is 0 Å². The largest absolute Gasteiger partial charge is 0.480 e. The SMILES string of the molecule is CC1CCN(Cc2cc(F)ccc2Br)C1C(=O)O. The average molecular weight is 316 g/mol. The highest BCUT2D eigenvalue weighted by atomic mass is 79.9. The summed E-state index contributed by atoms with van der Waals surface area (Å²) in [4.78, 5) is 13.1. The third-order valence-electron chi connectivity index (χ3n) is 3.44. The number of aliphatic carboxylic acids is 1. The zero-order valence-electron chi connectivity index (χ0n) is 10.1. The van der Waals surface area contributed by atoms with E-state index in [1.54, 1.807) is 6.07 Å². The predicted molar refractivity (Wildman–Crippen MR) is 69.7 cm³/mol. The maximum atomic E-state index is 13.2. The van der Waals surface area contributed by atoms with Gasteiger partial charge in [-0.05, 0) is 42.6 Å². The van der Waals surface area contributed by atoms with Crippen LogP contribution in [0.15, 0.2) is 22.7 Å². The van der Waals surface area contributed by atoms with Gasteiger partial charge >= 0.3 is 5.97 Å². The quantitative estimate of drug-likeness (QED) is 0.932. The predicted octanol–water partition coefficient (Wildman–Crippen LogP) is 2.88. The Bertz CT molecular complexity index is 466. The highest BCUT2D eigenvalue weighted by Gasteiger charge is 2.36. The van der Waals surface area contributed by atoms with Gasteiger partial charge in [0, 0.05) is 11.0 Å². The lowest BCUT2D eigenvalue weighted by molar-refractivity contribution is -0.143. The molecular weight excluding hydrogens is 301 g/mol. The number of likely N-dealkylation sites (tertiary alicyclic amines) is 1. The molecule has 0 amide bonds. The molecule has 98 valence electrons. The fourth-order valence-electron chi connectivity index (χ4n) is 2.49. The van der Waals surface area contributed by atoms with Crippen molar-refractivity contribution < 1.29 is 14.3 Å². The fourth-order valence-corrected chi connectivity index (χ4v) is 2.86. The topological polar surface area (TPSA) is 40.5 Å². The van der Waals surface area contributed by atoms with Crippen LogP contribution in [0.5, 0.6) is 0 Å². The van der Waals surface area contributed by atoms with E-state index in [1.165, 1.54) is 12.1 Å². The molecule has 2 rings (SSSR count). The molecular formula is C13H15BrFNO2. The summed E-state index contributed by atoms with van der Waals surface area (Å²) in [6.07, 6.45) is 0.865. The van der Waals surface area contributed by atoms with Gasteiger partial charge in [0.05, 0.1) is 0 Å². The first-order valence-electron chi connectivity index (χ1n) is 5.90. The van der Waals surface area contributed by atoms with Gasteiger partial charge < -0.3 is 5.11 Å². The lowest BCUT2D eigenvalue weighted by Crippen LogP contribution is -2.38. The van der Waals surface area contributed by atoms with Crippen LogP contribution < -0.4 is 0 Å². The molecule has 0 bridgehead atoms. The first-order chi connectivity index (χ1) is 8.49. The van der Waals surface area contributed by atoms with Crippen LogP contribution in [0.25, 0.3) is 0 Å². The Morgan fingerprint density at radius 3 is 3.00 bits per heavy atom. The van der Waals surface area contributed by atoms with Crippen LogP contribution >= 0.6 is 15.9 Å². The molecule has 1 N–H and O–H groups in total. The molecule has 1 aromatic rings. The summed E-state index contributed by atoms with van der Waals surface area (Å²) >= 11 is 3.37. The van der Waals surface area contributed by atoms with E-state index in [4.69, 9.17) is 0 Å². The number of carboxylic acid groups (broad SMARTS) is 1. The van der Waals surface area contributed by atoms with Crippen LogP contribution in [0.4, 0.5) is 4.39 Å². The van der Waals surface area contributed by atoms with Gasteiger partial charge in [-0.15, -0.1) is 0 Å². The molecule has 5 heteroatoms. The molecule has 2 unspecified atom stereocenters. The number of halogens is 2. The number of carbonyl (C=O) groups is 1. The molecule has 1 aromatic carbocycles. The Balaban J connectivity index is 2.18. The van der Waals surface area contributed by atoms with Crippen molar-refractivity contribution in [1.29, 1.82) is 0 Å². The van der Waals surface area contributed by atoms with Crippen molar-refractivity contribution in [2.24, 2.45) is 5.92 Å². The Labute approximate surface area is 114 Å². The van der Waals surface area contributed by atoms with Gasteiger partial charge in [0.2, 0.25) is 0 Å². The lowest BCUT2D eigenvalue weighted by Gasteiger charge is -2.23. The van der Waals surface area contributed by atoms with E-state index in [2.05, 4.69) is 15.9 Å². The maximum absolute atomic E-state index is 13.2. The van der Waals surface area contributed by atoms with E-state index < -0.39 is 12.0 Å². The summed E-state index contributed by atoms with van der Waals surface area (Å²) in [6, 6.07) is 4.01. The average Bonchev–Trinajstić information content (AvgIpc) is 2.65. The molecule has 0 aliphatic carbocycles. The fraction of sp³-hybridized carbons (Fsp3) is 0.462. The van der Waals surface area contributed by atoms with Crippen LogP contribution in [0, 0.1) is 11.7 Å². The van der Waals surface area contributed by atoms with E-state index in [0.717, 1.165) is 23.0 Å². The van der Waals surface area contributed by atoms with Gasteiger partial charge in [0.15, 0.2) is 0 Å². The van der Waals surface area contributed by atoms with Crippen LogP contribution in [0.1, 0.15) is 18.9 Å². The minimum atomic E-state index is -0.799. The first kappa shape index (κ1) is 13.5. The van der Waals surface area contributed by atoms with Crippen LogP contribution in [-0.4, -0.2) is 28.6 Å². The summed E-state index contributed by atoms with van der Waals surface area (Å²) in [5, 5.41) is 9.23. The van der Waals surface area contributed by atoms with Crippen molar-refractivity contribution in [2.45, 2.75) is 25.9 Å². The second-order valence-electron chi connectivity index (χ2n) is 4.76. The molecule has 2 atom stereocenters. The summed E-state index contributed by atoms with van der Waals surface area (Å²) in [7, 11) is 0. The second-order valence-corrected chi connectivity index (χ2v) is 5.61. The third-order valence-corrected chi connectivity index (χ3v) is 4.21. The lowest BCUT2D eigenvalue weighted by atomic mass is 10.0. The van der Waals surface area contributed by atoms with E-state index in [-0.39, 0.29) is 11.7 Å². The Kier molecular flexibility index (Phi) is 4.02. The molecule has 18 heavy (non-hydrogen) atoms. The van der Waals surface area contributed by atoms with Crippen molar-refractivity contribution in [3.05, 3.63) is 34.1 Å². The molecule has 1 aliphatic heterocycles. The van der Waals surface area contributed by atoms with Gasteiger partial charge in [0.25, 0.3) is 0 Å². The van der Waals surface area contributed by atoms with Crippen molar-refractivity contribution in [1.82, 2.24) is 4.90 Å². The molecule has 1 heterocycles. The number of rotatable bonds is 3. The third kappa shape index (κ3) is 2.72. The number of nitrogens with zero attached hydrogens (tertiary/aromatic N) is 1. The highest BCUT2D eigenvalue weighted by molar-refractivity contribution is 9.10. The summed E-state index contributed by atoms with van der Waals surface area (Å²) in [5.74, 6) is -0.963. The summed E-state index contributed by atoms with van der Waals surface area (Å²) in [6.45, 7) is 3.14. The first-order valence-corrected chi connectivity index (χ1v) is 6.69. The van der Waals surface area contributed by atoms with Crippen LogP contribution in [-0.2, 0) is 11.3 Å². The monoisotopic (exact) mass is 315 g/mol. The smallest absolute Gasteiger partial charge is 0.321 e. The highest BCUT2D eigenvalue weighted by Crippen LogP contribution is 2.28. The van der Waals surface area contributed by atoms with Gasteiger partial charge in [-0.25, -0.2) is 4.39 Å². The minimum Gasteiger partial charge on any atom is -0.480 e. The molecule has 0 saturated carbocycles. The maximum Gasteiger partial charge on any atom is 0.321 e. The summed E-state index contributed by atoms with van der Waals surface area (Å²) < 4.78 is 14.0. The zero-order valence-corrected chi connectivity index (χ0v) is 11.7. The van der Waals surface area contributed by atoms with E-state index in [1.807, 2.05) is 11.8 Å². The van der Waals surface area contributed by atoms with Gasteiger partial charge in [-0.2, -0.15) is 0 Å². The van der Waals surface area contributed by atoms with Gasteiger partial charge in [-0.1, -0.05) is 22.9 Å².